The predicted octanol–water partition coefficient (Wildman–Crippen LogP) is -0.123. The molecule has 0 radical (unpaired) electrons. The molecule has 0 unspecified atom stereocenters. The van der Waals surface area contributed by atoms with E-state index >= 15 is 0 Å². The van der Waals surface area contributed by atoms with Crippen molar-refractivity contribution in [3.8, 4) is 0 Å². The summed E-state index contributed by atoms with van der Waals surface area (Å²) >= 11 is 0.908. The zero-order valence-corrected chi connectivity index (χ0v) is 14.9. The topological polar surface area (TPSA) is 159 Å². The van der Waals surface area contributed by atoms with Gasteiger partial charge in [0.25, 0.3) is 15.6 Å². The number of nitrogens with one attached hydrogen (secondary N) is 3. The smallest absolute Gasteiger partial charge is 0.313 e. The Kier molecular flexibility index (Phi) is 4.01. The third-order valence-corrected chi connectivity index (χ3v) is 6.60. The maximum atomic E-state index is 12.3. The summed E-state index contributed by atoms with van der Waals surface area (Å²) in [4.78, 5) is 29.9. The predicted molar refractivity (Wildman–Crippen MR) is 91.2 cm³/mol. The number of nitrogens with zero attached hydrogens (tertiary/aromatic N) is 1. The van der Waals surface area contributed by atoms with E-state index in [0.29, 0.717) is 10.2 Å². The van der Waals surface area contributed by atoms with E-state index in [4.69, 9.17) is 0 Å². The van der Waals surface area contributed by atoms with Gasteiger partial charge in [0.1, 0.15) is 0 Å². The highest BCUT2D eigenvalue weighted by atomic mass is 32.2. The number of sulfonamides is 1. The van der Waals surface area contributed by atoms with E-state index in [1.807, 2.05) is 4.98 Å². The number of anilines is 1. The average Bonchev–Trinajstić information content (AvgIpc) is 2.85. The minimum Gasteiger partial charge on any atom is -0.313 e. The number of sulfone groups is 1. The van der Waals surface area contributed by atoms with Crippen molar-refractivity contribution in [3.05, 3.63) is 45.2 Å². The second-order valence-corrected chi connectivity index (χ2v) is 9.66. The normalized spacial score (nSPS) is 12.4. The van der Waals surface area contributed by atoms with Crippen LogP contribution in [0.15, 0.2) is 43.8 Å². The molecule has 10 nitrogen and oxygen atoms in total. The van der Waals surface area contributed by atoms with Crippen LogP contribution >= 0.6 is 11.3 Å². The highest BCUT2D eigenvalue weighted by molar-refractivity contribution is 7.93. The zero-order chi connectivity index (χ0) is 18.4. The first-order chi connectivity index (χ1) is 11.6. The van der Waals surface area contributed by atoms with Gasteiger partial charge in [-0.1, -0.05) is 11.3 Å². The van der Waals surface area contributed by atoms with Crippen LogP contribution in [0, 0.1) is 0 Å². The van der Waals surface area contributed by atoms with Gasteiger partial charge in [-0.15, -0.1) is 0 Å². The van der Waals surface area contributed by atoms with Crippen LogP contribution in [-0.4, -0.2) is 38.0 Å². The van der Waals surface area contributed by atoms with Gasteiger partial charge < -0.3 is 4.98 Å². The van der Waals surface area contributed by atoms with E-state index in [0.717, 1.165) is 23.8 Å². The number of hydrogen-bond acceptors (Lipinski definition) is 8. The summed E-state index contributed by atoms with van der Waals surface area (Å²) in [6, 6.07) is 4.20. The van der Waals surface area contributed by atoms with Crippen molar-refractivity contribution >= 4 is 46.5 Å². The van der Waals surface area contributed by atoms with Crippen molar-refractivity contribution in [2.45, 2.75) is 9.79 Å². The molecule has 0 saturated carbocycles. The van der Waals surface area contributed by atoms with Crippen molar-refractivity contribution in [1.82, 2.24) is 15.0 Å². The van der Waals surface area contributed by atoms with E-state index < -0.39 is 36.0 Å². The van der Waals surface area contributed by atoms with E-state index in [1.165, 1.54) is 18.2 Å². The van der Waals surface area contributed by atoms with Crippen molar-refractivity contribution in [1.29, 1.82) is 0 Å². The summed E-state index contributed by atoms with van der Waals surface area (Å²) in [5.74, 6) is 0. The number of thiazole rings is 1. The van der Waals surface area contributed by atoms with Gasteiger partial charge in [-0.25, -0.2) is 26.6 Å². The van der Waals surface area contributed by atoms with Gasteiger partial charge in [0.05, 0.1) is 15.1 Å². The minimum absolute atomic E-state index is 0.0498. The first kappa shape index (κ1) is 17.3. The SMILES string of the molecule is CS(=O)(=O)c1ccc2nc(NS(=O)(=O)c3c[nH]c(=O)[nH]c3=O)sc2c1. The van der Waals surface area contributed by atoms with Gasteiger partial charge in [0.15, 0.2) is 19.9 Å². The fraction of sp³-hybridized carbons (Fsp3) is 0.0833. The number of hydrogen-bond donors (Lipinski definition) is 3. The molecule has 0 spiro atoms. The average molecular weight is 402 g/mol. The quantitative estimate of drug-likeness (QED) is 0.548. The molecule has 0 saturated heterocycles. The lowest BCUT2D eigenvalue weighted by Crippen LogP contribution is -2.29. The van der Waals surface area contributed by atoms with Crippen LogP contribution < -0.4 is 16.0 Å². The van der Waals surface area contributed by atoms with E-state index in [1.54, 1.807) is 0 Å². The van der Waals surface area contributed by atoms with Crippen molar-refractivity contribution in [2.75, 3.05) is 11.0 Å². The third kappa shape index (κ3) is 3.47. The Morgan fingerprint density at radius 2 is 1.88 bits per heavy atom. The number of aromatic amines is 2. The van der Waals surface area contributed by atoms with Crippen molar-refractivity contribution in [2.24, 2.45) is 0 Å². The summed E-state index contributed by atoms with van der Waals surface area (Å²) in [5.41, 5.74) is -1.51. The third-order valence-electron chi connectivity index (χ3n) is 3.08. The molecule has 2 heterocycles. The molecular weight excluding hydrogens is 392 g/mol. The second kappa shape index (κ2) is 5.79. The molecular formula is C12H10N4O6S3. The Morgan fingerprint density at radius 3 is 2.52 bits per heavy atom. The molecule has 0 fully saturated rings. The summed E-state index contributed by atoms with van der Waals surface area (Å²) in [7, 11) is -7.69. The largest absolute Gasteiger partial charge is 0.325 e. The van der Waals surface area contributed by atoms with E-state index in [9.17, 15) is 26.4 Å². The van der Waals surface area contributed by atoms with Crippen LogP contribution in [0.5, 0.6) is 0 Å². The Morgan fingerprint density at radius 1 is 1.16 bits per heavy atom. The Bertz CT molecular complexity index is 1300. The van der Waals surface area contributed by atoms with Crippen LogP contribution in [-0.2, 0) is 19.9 Å². The lowest BCUT2D eigenvalue weighted by molar-refractivity contribution is 0.598. The van der Waals surface area contributed by atoms with Gasteiger partial charge in [0.2, 0.25) is 0 Å². The number of fused-ring (bicyclic) bond motifs is 1. The number of rotatable bonds is 4. The van der Waals surface area contributed by atoms with Gasteiger partial charge in [-0.2, -0.15) is 0 Å². The molecule has 1 aromatic carbocycles. The molecule has 3 rings (SSSR count). The lowest BCUT2D eigenvalue weighted by atomic mass is 10.3. The maximum Gasteiger partial charge on any atom is 0.325 e. The number of aromatic nitrogens is 3. The first-order valence-electron chi connectivity index (χ1n) is 6.52. The van der Waals surface area contributed by atoms with Gasteiger partial charge >= 0.3 is 5.69 Å². The Balaban J connectivity index is 2.02. The van der Waals surface area contributed by atoms with Gasteiger partial charge in [0, 0.05) is 12.5 Å². The van der Waals surface area contributed by atoms with Crippen LogP contribution in [0.25, 0.3) is 10.2 Å². The van der Waals surface area contributed by atoms with Crippen LogP contribution in [0.2, 0.25) is 0 Å². The number of benzene rings is 1. The van der Waals surface area contributed by atoms with Gasteiger partial charge in [-0.3, -0.25) is 14.5 Å². The second-order valence-electron chi connectivity index (χ2n) is 4.96. The van der Waals surface area contributed by atoms with Gasteiger partial charge in [-0.05, 0) is 18.2 Å². The lowest BCUT2D eigenvalue weighted by Gasteiger charge is -2.02. The zero-order valence-electron chi connectivity index (χ0n) is 12.4. The molecule has 2 aromatic heterocycles. The first-order valence-corrected chi connectivity index (χ1v) is 10.7. The summed E-state index contributed by atoms with van der Waals surface area (Å²) in [6.45, 7) is 0. The standard InChI is InChI=1S/C12H10N4O6S3/c1-24(19,20)6-2-3-7-8(4-6)23-12(14-7)16-25(21,22)9-5-13-11(18)15-10(9)17/h2-5H,1H3,(H,14,16)(H2,13,15,17,18). The fourth-order valence-electron chi connectivity index (χ4n) is 1.95. The summed E-state index contributed by atoms with van der Waals surface area (Å²) in [6.07, 6.45) is 1.83. The molecule has 0 aliphatic heterocycles. The molecule has 13 heteroatoms. The van der Waals surface area contributed by atoms with Crippen LogP contribution in [0.1, 0.15) is 0 Å². The molecule has 3 N–H and O–H groups in total. The highest BCUT2D eigenvalue weighted by Gasteiger charge is 2.21. The maximum absolute atomic E-state index is 12.3. The molecule has 132 valence electrons. The monoisotopic (exact) mass is 402 g/mol. The minimum atomic E-state index is -4.28. The van der Waals surface area contributed by atoms with Crippen molar-refractivity contribution < 1.29 is 16.8 Å². The molecule has 25 heavy (non-hydrogen) atoms. The van der Waals surface area contributed by atoms with E-state index in [2.05, 4.69) is 14.7 Å². The van der Waals surface area contributed by atoms with E-state index in [-0.39, 0.29) is 10.0 Å². The molecule has 0 amide bonds. The number of H-pyrrole nitrogens is 2. The summed E-state index contributed by atoms with van der Waals surface area (Å²) < 4.78 is 50.2. The Hall–Kier alpha value is -2.51. The highest BCUT2D eigenvalue weighted by Crippen LogP contribution is 2.29. The molecule has 3 aromatic rings. The molecule has 0 bridgehead atoms. The molecule has 0 aliphatic carbocycles. The van der Waals surface area contributed by atoms with Crippen molar-refractivity contribution in [3.63, 3.8) is 0 Å². The van der Waals surface area contributed by atoms with Crippen LogP contribution in [0.3, 0.4) is 0 Å². The molecule has 0 atom stereocenters. The van der Waals surface area contributed by atoms with Crippen LogP contribution in [0.4, 0.5) is 5.13 Å². The summed E-state index contributed by atoms with van der Waals surface area (Å²) in [5, 5.41) is -0.0498. The molecule has 0 aliphatic rings. The Labute approximate surface area is 144 Å². The fourth-order valence-corrected chi connectivity index (χ4v) is 4.81.